The van der Waals surface area contributed by atoms with Crippen LogP contribution < -0.4 is 0 Å². The van der Waals surface area contributed by atoms with Gasteiger partial charge >= 0.3 is 0 Å². The Morgan fingerprint density at radius 1 is 1.64 bits per heavy atom. The lowest BCUT2D eigenvalue weighted by Gasteiger charge is -2.24. The maximum absolute atomic E-state index is 9.26. The van der Waals surface area contributed by atoms with E-state index in [4.69, 9.17) is 4.74 Å². The molecule has 0 aromatic rings. The Labute approximate surface area is 67.6 Å². The highest BCUT2D eigenvalue weighted by atomic mass is 16.5. The van der Waals surface area contributed by atoms with Gasteiger partial charge < -0.3 is 9.84 Å². The molecule has 2 fully saturated rings. The largest absolute Gasteiger partial charge is 0.396 e. The van der Waals surface area contributed by atoms with Gasteiger partial charge in [-0.1, -0.05) is 6.42 Å². The average molecular weight is 156 g/mol. The Kier molecular flexibility index (Phi) is 1.69. The minimum absolute atomic E-state index is 0.152. The molecular weight excluding hydrogens is 140 g/mol. The number of aliphatic hydroxyl groups is 1. The van der Waals surface area contributed by atoms with E-state index in [1.165, 1.54) is 12.8 Å². The van der Waals surface area contributed by atoms with Crippen molar-refractivity contribution in [2.45, 2.75) is 44.8 Å². The lowest BCUT2D eigenvalue weighted by Crippen LogP contribution is -2.28. The van der Waals surface area contributed by atoms with Gasteiger partial charge in [-0.3, -0.25) is 0 Å². The minimum Gasteiger partial charge on any atom is -0.396 e. The molecule has 0 radical (unpaired) electrons. The standard InChI is InChI=1S/C9H16O2/c1-7-5-9(6-10)4-2-3-8(9)11-7/h7-8,10H,2-6H2,1H3/t7-,8+,9-/m1/s1. The lowest BCUT2D eigenvalue weighted by atomic mass is 9.82. The molecule has 2 aliphatic rings. The van der Waals surface area contributed by atoms with Crippen LogP contribution in [0.5, 0.6) is 0 Å². The summed E-state index contributed by atoms with van der Waals surface area (Å²) in [6.07, 6.45) is 5.35. The third kappa shape index (κ3) is 1.00. The molecule has 0 amide bonds. The van der Waals surface area contributed by atoms with Gasteiger partial charge in [0.2, 0.25) is 0 Å². The summed E-state index contributed by atoms with van der Waals surface area (Å²) in [7, 11) is 0. The Morgan fingerprint density at radius 3 is 3.09 bits per heavy atom. The van der Waals surface area contributed by atoms with Gasteiger partial charge in [-0.05, 0) is 26.2 Å². The van der Waals surface area contributed by atoms with Crippen molar-refractivity contribution in [1.82, 2.24) is 0 Å². The molecule has 0 spiro atoms. The van der Waals surface area contributed by atoms with Gasteiger partial charge in [-0.15, -0.1) is 0 Å². The summed E-state index contributed by atoms with van der Waals surface area (Å²) in [4.78, 5) is 0. The van der Waals surface area contributed by atoms with Crippen molar-refractivity contribution >= 4 is 0 Å². The molecule has 0 unspecified atom stereocenters. The molecule has 2 rings (SSSR count). The topological polar surface area (TPSA) is 29.5 Å². The van der Waals surface area contributed by atoms with Crippen LogP contribution in [0, 0.1) is 5.41 Å². The van der Waals surface area contributed by atoms with E-state index in [0.29, 0.717) is 18.8 Å². The first kappa shape index (κ1) is 7.56. The zero-order valence-corrected chi connectivity index (χ0v) is 7.05. The molecule has 11 heavy (non-hydrogen) atoms. The van der Waals surface area contributed by atoms with E-state index >= 15 is 0 Å². The summed E-state index contributed by atoms with van der Waals surface area (Å²) in [6.45, 7) is 2.43. The molecule has 1 aliphatic carbocycles. The highest BCUT2D eigenvalue weighted by Gasteiger charge is 2.49. The van der Waals surface area contributed by atoms with E-state index in [2.05, 4.69) is 6.92 Å². The van der Waals surface area contributed by atoms with E-state index in [1.807, 2.05) is 0 Å². The first-order chi connectivity index (χ1) is 5.27. The van der Waals surface area contributed by atoms with E-state index in [0.717, 1.165) is 12.8 Å². The molecule has 0 aromatic carbocycles. The second-order valence-corrected chi connectivity index (χ2v) is 4.05. The maximum atomic E-state index is 9.26. The van der Waals surface area contributed by atoms with Crippen molar-refractivity contribution in [3.8, 4) is 0 Å². The highest BCUT2D eigenvalue weighted by Crippen LogP contribution is 2.49. The second-order valence-electron chi connectivity index (χ2n) is 4.05. The number of hydrogen-bond acceptors (Lipinski definition) is 2. The fourth-order valence-electron chi connectivity index (χ4n) is 2.70. The van der Waals surface area contributed by atoms with Crippen molar-refractivity contribution in [3.05, 3.63) is 0 Å². The zero-order valence-electron chi connectivity index (χ0n) is 7.05. The predicted molar refractivity (Wildman–Crippen MR) is 42.3 cm³/mol. The fraction of sp³-hybridized carbons (Fsp3) is 1.00. The molecule has 1 N–H and O–H groups in total. The maximum Gasteiger partial charge on any atom is 0.0657 e. The van der Waals surface area contributed by atoms with Crippen LogP contribution in [0.2, 0.25) is 0 Å². The average Bonchev–Trinajstić information content (AvgIpc) is 2.43. The van der Waals surface area contributed by atoms with Crippen molar-refractivity contribution < 1.29 is 9.84 Å². The van der Waals surface area contributed by atoms with Crippen LogP contribution >= 0.6 is 0 Å². The van der Waals surface area contributed by atoms with Gasteiger partial charge in [-0.25, -0.2) is 0 Å². The van der Waals surface area contributed by atoms with E-state index in [9.17, 15) is 5.11 Å². The van der Waals surface area contributed by atoms with Gasteiger partial charge in [0.25, 0.3) is 0 Å². The third-order valence-corrected chi connectivity index (χ3v) is 3.23. The van der Waals surface area contributed by atoms with Crippen molar-refractivity contribution in [2.75, 3.05) is 6.61 Å². The number of hydrogen-bond donors (Lipinski definition) is 1. The van der Waals surface area contributed by atoms with Crippen molar-refractivity contribution in [3.63, 3.8) is 0 Å². The predicted octanol–water partition coefficient (Wildman–Crippen LogP) is 1.33. The van der Waals surface area contributed by atoms with Crippen LogP contribution in [0.25, 0.3) is 0 Å². The van der Waals surface area contributed by atoms with E-state index in [1.54, 1.807) is 0 Å². The molecule has 3 atom stereocenters. The Morgan fingerprint density at radius 2 is 2.45 bits per heavy atom. The molecule has 2 nitrogen and oxygen atoms in total. The van der Waals surface area contributed by atoms with Gasteiger partial charge in [0.15, 0.2) is 0 Å². The van der Waals surface area contributed by atoms with Crippen molar-refractivity contribution in [1.29, 1.82) is 0 Å². The van der Waals surface area contributed by atoms with Gasteiger partial charge in [0, 0.05) is 5.41 Å². The van der Waals surface area contributed by atoms with Crippen LogP contribution in [0.1, 0.15) is 32.6 Å². The lowest BCUT2D eigenvalue weighted by molar-refractivity contribution is 0.0154. The summed E-state index contributed by atoms with van der Waals surface area (Å²) in [6, 6.07) is 0. The number of ether oxygens (including phenoxy) is 1. The molecule has 2 heteroatoms. The Balaban J connectivity index is 2.15. The molecular formula is C9H16O2. The monoisotopic (exact) mass is 156 g/mol. The van der Waals surface area contributed by atoms with E-state index in [-0.39, 0.29) is 5.41 Å². The Bertz CT molecular complexity index is 158. The quantitative estimate of drug-likeness (QED) is 0.620. The smallest absolute Gasteiger partial charge is 0.0657 e. The first-order valence-corrected chi connectivity index (χ1v) is 4.53. The fourth-order valence-corrected chi connectivity index (χ4v) is 2.70. The van der Waals surface area contributed by atoms with E-state index < -0.39 is 0 Å². The molecule has 1 saturated heterocycles. The number of fused-ring (bicyclic) bond motifs is 1. The van der Waals surface area contributed by atoms with Crippen LogP contribution in [-0.4, -0.2) is 23.9 Å². The van der Waals surface area contributed by atoms with Gasteiger partial charge in [0.05, 0.1) is 18.8 Å². The molecule has 64 valence electrons. The molecule has 1 aliphatic heterocycles. The molecule has 1 saturated carbocycles. The van der Waals surface area contributed by atoms with Crippen LogP contribution in [0.15, 0.2) is 0 Å². The zero-order chi connectivity index (χ0) is 7.90. The highest BCUT2D eigenvalue weighted by molar-refractivity contribution is 4.98. The SMILES string of the molecule is C[C@@H]1C[C@@]2(CO)CCC[C@@H]2O1. The summed E-state index contributed by atoms with van der Waals surface area (Å²) in [5, 5.41) is 9.26. The first-order valence-electron chi connectivity index (χ1n) is 4.53. The third-order valence-electron chi connectivity index (χ3n) is 3.23. The van der Waals surface area contributed by atoms with Crippen LogP contribution in [0.4, 0.5) is 0 Å². The number of rotatable bonds is 1. The molecule has 0 aromatic heterocycles. The number of aliphatic hydroxyl groups excluding tert-OH is 1. The summed E-state index contributed by atoms with van der Waals surface area (Å²) in [5.41, 5.74) is 0.152. The molecule has 1 heterocycles. The van der Waals surface area contributed by atoms with Gasteiger partial charge in [-0.2, -0.15) is 0 Å². The van der Waals surface area contributed by atoms with Crippen molar-refractivity contribution in [2.24, 2.45) is 5.41 Å². The summed E-state index contributed by atoms with van der Waals surface area (Å²) in [5.74, 6) is 0. The molecule has 0 bridgehead atoms. The summed E-state index contributed by atoms with van der Waals surface area (Å²) < 4.78 is 5.72. The minimum atomic E-state index is 0.152. The van der Waals surface area contributed by atoms with Crippen LogP contribution in [-0.2, 0) is 4.74 Å². The van der Waals surface area contributed by atoms with Crippen LogP contribution in [0.3, 0.4) is 0 Å². The Hall–Kier alpha value is -0.0800. The summed E-state index contributed by atoms with van der Waals surface area (Å²) >= 11 is 0. The second kappa shape index (κ2) is 2.46. The van der Waals surface area contributed by atoms with Gasteiger partial charge in [0.1, 0.15) is 0 Å². The normalized spacial score (nSPS) is 49.6.